The monoisotopic (exact) mass is 202 g/mol. The van der Waals surface area contributed by atoms with Crippen molar-refractivity contribution in [2.75, 3.05) is 6.61 Å². The SMILES string of the molecule is CC(=O)OCC#Cc1ccc(C=O)cc1. The topological polar surface area (TPSA) is 43.4 Å². The molecular weight excluding hydrogens is 192 g/mol. The fraction of sp³-hybridized carbons (Fsp3) is 0.167. The van der Waals surface area contributed by atoms with Crippen molar-refractivity contribution in [2.24, 2.45) is 0 Å². The molecule has 0 N–H and O–H groups in total. The molecule has 1 aromatic rings. The highest BCUT2D eigenvalue weighted by Gasteiger charge is 1.89. The number of ether oxygens (including phenoxy) is 1. The summed E-state index contributed by atoms with van der Waals surface area (Å²) in [6.45, 7) is 1.42. The lowest BCUT2D eigenvalue weighted by atomic mass is 10.1. The lowest BCUT2D eigenvalue weighted by Gasteiger charge is -1.92. The minimum atomic E-state index is -0.347. The zero-order valence-electron chi connectivity index (χ0n) is 8.32. The average Bonchev–Trinajstić information content (AvgIpc) is 2.25. The van der Waals surface area contributed by atoms with Crippen LogP contribution in [0.15, 0.2) is 24.3 Å². The predicted molar refractivity (Wildman–Crippen MR) is 55.3 cm³/mol. The molecule has 15 heavy (non-hydrogen) atoms. The molecule has 1 rings (SSSR count). The minimum Gasteiger partial charge on any atom is -0.453 e. The third kappa shape index (κ3) is 4.10. The van der Waals surface area contributed by atoms with Gasteiger partial charge in [0.25, 0.3) is 0 Å². The molecule has 1 aromatic carbocycles. The number of esters is 1. The molecule has 0 bridgehead atoms. The Hall–Kier alpha value is -2.08. The van der Waals surface area contributed by atoms with Gasteiger partial charge in [0.15, 0.2) is 6.61 Å². The third-order valence-corrected chi connectivity index (χ3v) is 1.63. The van der Waals surface area contributed by atoms with Gasteiger partial charge in [0.05, 0.1) is 0 Å². The van der Waals surface area contributed by atoms with Crippen LogP contribution in [-0.4, -0.2) is 18.9 Å². The molecule has 0 aromatic heterocycles. The largest absolute Gasteiger partial charge is 0.453 e. The average molecular weight is 202 g/mol. The first-order valence-corrected chi connectivity index (χ1v) is 4.40. The number of benzene rings is 1. The van der Waals surface area contributed by atoms with E-state index in [1.54, 1.807) is 24.3 Å². The summed E-state index contributed by atoms with van der Waals surface area (Å²) in [5, 5.41) is 0. The van der Waals surface area contributed by atoms with Crippen LogP contribution in [0.25, 0.3) is 0 Å². The fourth-order valence-electron chi connectivity index (χ4n) is 0.921. The quantitative estimate of drug-likeness (QED) is 0.414. The molecule has 0 atom stereocenters. The first-order chi connectivity index (χ1) is 7.22. The number of hydrogen-bond donors (Lipinski definition) is 0. The Morgan fingerprint density at radius 3 is 2.60 bits per heavy atom. The number of carbonyl (C=O) groups excluding carboxylic acids is 2. The second-order valence-electron chi connectivity index (χ2n) is 2.82. The molecular formula is C12H10O3. The molecule has 3 nitrogen and oxygen atoms in total. The Morgan fingerprint density at radius 2 is 2.07 bits per heavy atom. The van der Waals surface area contributed by atoms with Crippen molar-refractivity contribution in [3.63, 3.8) is 0 Å². The smallest absolute Gasteiger partial charge is 0.303 e. The number of aldehydes is 1. The molecule has 0 aliphatic heterocycles. The van der Waals surface area contributed by atoms with Gasteiger partial charge in [0.1, 0.15) is 6.29 Å². The summed E-state index contributed by atoms with van der Waals surface area (Å²) in [6, 6.07) is 6.85. The Bertz CT molecular complexity index is 407. The molecule has 0 fully saturated rings. The maximum absolute atomic E-state index is 10.4. The van der Waals surface area contributed by atoms with E-state index in [0.717, 1.165) is 11.8 Å². The molecule has 0 radical (unpaired) electrons. The zero-order valence-corrected chi connectivity index (χ0v) is 8.32. The van der Waals surface area contributed by atoms with Crippen molar-refractivity contribution in [2.45, 2.75) is 6.92 Å². The van der Waals surface area contributed by atoms with Crippen molar-refractivity contribution < 1.29 is 14.3 Å². The highest BCUT2D eigenvalue weighted by molar-refractivity contribution is 5.74. The van der Waals surface area contributed by atoms with Crippen molar-refractivity contribution in [1.29, 1.82) is 0 Å². The van der Waals surface area contributed by atoms with Crippen LogP contribution >= 0.6 is 0 Å². The molecule has 3 heteroatoms. The fourth-order valence-corrected chi connectivity index (χ4v) is 0.921. The van der Waals surface area contributed by atoms with Crippen molar-refractivity contribution >= 4 is 12.3 Å². The summed E-state index contributed by atoms with van der Waals surface area (Å²) in [4.78, 5) is 20.8. The summed E-state index contributed by atoms with van der Waals surface area (Å²) in [5.74, 6) is 5.15. The van der Waals surface area contributed by atoms with E-state index < -0.39 is 0 Å². The van der Waals surface area contributed by atoms with E-state index in [2.05, 4.69) is 16.6 Å². The molecule has 0 amide bonds. The standard InChI is InChI=1S/C12H10O3/c1-10(14)15-8-2-3-11-4-6-12(9-13)7-5-11/h4-7,9H,8H2,1H3. The van der Waals surface area contributed by atoms with Crippen molar-refractivity contribution in [3.05, 3.63) is 35.4 Å². The van der Waals surface area contributed by atoms with Crippen LogP contribution in [0, 0.1) is 11.8 Å². The lowest BCUT2D eigenvalue weighted by molar-refractivity contribution is -0.139. The first-order valence-electron chi connectivity index (χ1n) is 4.40. The highest BCUT2D eigenvalue weighted by Crippen LogP contribution is 2.00. The van der Waals surface area contributed by atoms with E-state index in [4.69, 9.17) is 0 Å². The van der Waals surface area contributed by atoms with Crippen LogP contribution < -0.4 is 0 Å². The molecule has 0 spiro atoms. The summed E-state index contributed by atoms with van der Waals surface area (Å²) in [5.41, 5.74) is 1.40. The van der Waals surface area contributed by atoms with E-state index in [9.17, 15) is 9.59 Å². The lowest BCUT2D eigenvalue weighted by Crippen LogP contribution is -1.97. The zero-order chi connectivity index (χ0) is 11.1. The van der Waals surface area contributed by atoms with Gasteiger partial charge in [-0.2, -0.15) is 0 Å². The number of rotatable bonds is 2. The van der Waals surface area contributed by atoms with Gasteiger partial charge in [-0.05, 0) is 12.1 Å². The van der Waals surface area contributed by atoms with E-state index in [1.165, 1.54) is 6.92 Å². The van der Waals surface area contributed by atoms with Crippen molar-refractivity contribution in [3.8, 4) is 11.8 Å². The molecule has 0 saturated carbocycles. The molecule has 0 aliphatic rings. The van der Waals surface area contributed by atoms with E-state index in [1.807, 2.05) is 0 Å². The molecule has 0 heterocycles. The summed E-state index contributed by atoms with van der Waals surface area (Å²) in [6.07, 6.45) is 0.774. The molecule has 76 valence electrons. The second-order valence-corrected chi connectivity index (χ2v) is 2.82. The van der Waals surface area contributed by atoms with Crippen LogP contribution in [0.1, 0.15) is 22.8 Å². The van der Waals surface area contributed by atoms with Gasteiger partial charge in [0.2, 0.25) is 0 Å². The first kappa shape index (κ1) is 11.0. The number of carbonyl (C=O) groups is 2. The molecule has 0 unspecified atom stereocenters. The highest BCUT2D eigenvalue weighted by atomic mass is 16.5. The van der Waals surface area contributed by atoms with Gasteiger partial charge < -0.3 is 4.74 Å². The van der Waals surface area contributed by atoms with Gasteiger partial charge in [-0.1, -0.05) is 24.0 Å². The molecule has 0 saturated heterocycles. The Balaban J connectivity index is 2.56. The van der Waals surface area contributed by atoms with Crippen LogP contribution in [0.4, 0.5) is 0 Å². The third-order valence-electron chi connectivity index (χ3n) is 1.63. The molecule has 0 aliphatic carbocycles. The summed E-state index contributed by atoms with van der Waals surface area (Å²) >= 11 is 0. The number of hydrogen-bond acceptors (Lipinski definition) is 3. The van der Waals surface area contributed by atoms with Crippen LogP contribution in [0.5, 0.6) is 0 Å². The van der Waals surface area contributed by atoms with E-state index in [0.29, 0.717) is 5.56 Å². The summed E-state index contributed by atoms with van der Waals surface area (Å²) in [7, 11) is 0. The van der Waals surface area contributed by atoms with E-state index >= 15 is 0 Å². The Kier molecular flexibility index (Phi) is 4.11. The predicted octanol–water partition coefficient (Wildman–Crippen LogP) is 1.41. The maximum Gasteiger partial charge on any atom is 0.303 e. The van der Waals surface area contributed by atoms with Gasteiger partial charge in [0, 0.05) is 18.1 Å². The normalized spacial score (nSPS) is 8.60. The van der Waals surface area contributed by atoms with E-state index in [-0.39, 0.29) is 12.6 Å². The van der Waals surface area contributed by atoms with Crippen LogP contribution in [0.2, 0.25) is 0 Å². The minimum absolute atomic E-state index is 0.0881. The van der Waals surface area contributed by atoms with Gasteiger partial charge in [-0.25, -0.2) is 0 Å². The Labute approximate surface area is 88.1 Å². The summed E-state index contributed by atoms with van der Waals surface area (Å²) < 4.78 is 4.64. The van der Waals surface area contributed by atoms with Gasteiger partial charge in [-0.3, -0.25) is 9.59 Å². The second kappa shape index (κ2) is 5.61. The maximum atomic E-state index is 10.4. The van der Waals surface area contributed by atoms with Crippen LogP contribution in [0.3, 0.4) is 0 Å². The van der Waals surface area contributed by atoms with Crippen molar-refractivity contribution in [1.82, 2.24) is 0 Å². The van der Waals surface area contributed by atoms with Gasteiger partial charge >= 0.3 is 5.97 Å². The Morgan fingerprint density at radius 1 is 1.40 bits per heavy atom. The van der Waals surface area contributed by atoms with Crippen LogP contribution in [-0.2, 0) is 9.53 Å². The van der Waals surface area contributed by atoms with Gasteiger partial charge in [-0.15, -0.1) is 0 Å².